The lowest BCUT2D eigenvalue weighted by Crippen LogP contribution is -2.27. The highest BCUT2D eigenvalue weighted by Crippen LogP contribution is 2.17. The number of carbonyl (C=O) groups excluding carboxylic acids is 1. The maximum absolute atomic E-state index is 11.5. The van der Waals surface area contributed by atoms with Gasteiger partial charge >= 0.3 is 6.09 Å². The summed E-state index contributed by atoms with van der Waals surface area (Å²) in [5.41, 5.74) is -0.393. The van der Waals surface area contributed by atoms with Crippen LogP contribution in [0.15, 0.2) is 12.1 Å². The van der Waals surface area contributed by atoms with E-state index < -0.39 is 11.7 Å². The van der Waals surface area contributed by atoms with Gasteiger partial charge in [-0.2, -0.15) is 5.26 Å². The standard InChI is InChI=1S/C11H12ClN3O2/c1-11(2,3)17-10(16)15-9-7(6-13)4-5-8(12)14-9/h4-5H,1-3H3,(H,14,15,16). The minimum atomic E-state index is -0.677. The van der Waals surface area contributed by atoms with E-state index in [4.69, 9.17) is 21.6 Å². The monoisotopic (exact) mass is 253 g/mol. The zero-order valence-corrected chi connectivity index (χ0v) is 10.5. The maximum atomic E-state index is 11.5. The van der Waals surface area contributed by atoms with Gasteiger partial charge in [-0.15, -0.1) is 0 Å². The third-order valence-corrected chi connectivity index (χ3v) is 1.81. The molecule has 0 fully saturated rings. The molecule has 1 N–H and O–H groups in total. The number of nitrogens with zero attached hydrogens (tertiary/aromatic N) is 2. The summed E-state index contributed by atoms with van der Waals surface area (Å²) in [6.07, 6.45) is -0.677. The molecule has 1 aromatic heterocycles. The van der Waals surface area contributed by atoms with Crippen molar-refractivity contribution in [2.75, 3.05) is 5.32 Å². The first-order valence-corrected chi connectivity index (χ1v) is 5.26. The smallest absolute Gasteiger partial charge is 0.413 e. The van der Waals surface area contributed by atoms with Gasteiger partial charge in [0.2, 0.25) is 0 Å². The van der Waals surface area contributed by atoms with E-state index in [1.165, 1.54) is 12.1 Å². The molecule has 0 bridgehead atoms. The molecular weight excluding hydrogens is 242 g/mol. The first kappa shape index (κ1) is 13.3. The molecule has 1 rings (SSSR count). The molecule has 0 atom stereocenters. The van der Waals surface area contributed by atoms with Gasteiger partial charge in [0.25, 0.3) is 0 Å². The Balaban J connectivity index is 2.85. The summed E-state index contributed by atoms with van der Waals surface area (Å²) in [7, 11) is 0. The minimum Gasteiger partial charge on any atom is -0.444 e. The molecule has 1 heterocycles. The van der Waals surface area contributed by atoms with Crippen molar-refractivity contribution >= 4 is 23.5 Å². The van der Waals surface area contributed by atoms with Crippen molar-refractivity contribution in [1.29, 1.82) is 5.26 Å². The van der Waals surface area contributed by atoms with Crippen molar-refractivity contribution in [1.82, 2.24) is 4.98 Å². The van der Waals surface area contributed by atoms with Crippen molar-refractivity contribution in [3.63, 3.8) is 0 Å². The quantitative estimate of drug-likeness (QED) is 0.781. The Morgan fingerprint density at radius 1 is 1.53 bits per heavy atom. The summed E-state index contributed by atoms with van der Waals surface area (Å²) >= 11 is 5.68. The Bertz CT molecular complexity index is 475. The Morgan fingerprint density at radius 2 is 2.18 bits per heavy atom. The van der Waals surface area contributed by atoms with Crippen molar-refractivity contribution in [3.8, 4) is 6.07 Å². The zero-order valence-electron chi connectivity index (χ0n) is 9.74. The number of carbonyl (C=O) groups is 1. The number of aromatic nitrogens is 1. The molecule has 0 radical (unpaired) electrons. The maximum Gasteiger partial charge on any atom is 0.413 e. The topological polar surface area (TPSA) is 75.0 Å². The summed E-state index contributed by atoms with van der Waals surface area (Å²) in [6, 6.07) is 4.85. The van der Waals surface area contributed by atoms with Crippen LogP contribution in [0.2, 0.25) is 5.15 Å². The molecule has 1 amide bonds. The molecule has 0 saturated heterocycles. The molecule has 0 spiro atoms. The molecule has 1 aromatic rings. The van der Waals surface area contributed by atoms with E-state index in [9.17, 15) is 4.79 Å². The van der Waals surface area contributed by atoms with E-state index in [1.807, 2.05) is 6.07 Å². The molecule has 6 heteroatoms. The van der Waals surface area contributed by atoms with Gasteiger partial charge < -0.3 is 4.74 Å². The van der Waals surface area contributed by atoms with Crippen molar-refractivity contribution in [2.24, 2.45) is 0 Å². The van der Waals surface area contributed by atoms with E-state index >= 15 is 0 Å². The predicted octanol–water partition coefficient (Wildman–Crippen LogP) is 2.95. The molecular formula is C11H12ClN3O2. The normalized spacial score (nSPS) is 10.5. The van der Waals surface area contributed by atoms with Crippen molar-refractivity contribution in [2.45, 2.75) is 26.4 Å². The van der Waals surface area contributed by atoms with E-state index in [2.05, 4.69) is 10.3 Å². The van der Waals surface area contributed by atoms with Gasteiger partial charge in [0.15, 0.2) is 5.82 Å². The van der Waals surface area contributed by atoms with Crippen LogP contribution in [-0.4, -0.2) is 16.7 Å². The van der Waals surface area contributed by atoms with E-state index in [0.717, 1.165) is 0 Å². The molecule has 90 valence electrons. The fourth-order valence-corrected chi connectivity index (χ4v) is 1.17. The lowest BCUT2D eigenvalue weighted by Gasteiger charge is -2.19. The predicted molar refractivity (Wildman–Crippen MR) is 63.8 cm³/mol. The summed E-state index contributed by atoms with van der Waals surface area (Å²) in [5, 5.41) is 11.4. The summed E-state index contributed by atoms with van der Waals surface area (Å²) in [5.74, 6) is 0.0919. The highest BCUT2D eigenvalue weighted by Gasteiger charge is 2.17. The van der Waals surface area contributed by atoms with Crippen LogP contribution in [-0.2, 0) is 4.74 Å². The summed E-state index contributed by atoms with van der Waals surface area (Å²) in [6.45, 7) is 5.22. The fourth-order valence-electron chi connectivity index (χ4n) is 1.02. The van der Waals surface area contributed by atoms with Crippen molar-refractivity contribution < 1.29 is 9.53 Å². The molecule has 0 aromatic carbocycles. The van der Waals surface area contributed by atoms with E-state index in [0.29, 0.717) is 0 Å². The van der Waals surface area contributed by atoms with E-state index in [1.54, 1.807) is 20.8 Å². The van der Waals surface area contributed by atoms with Crippen LogP contribution in [0.1, 0.15) is 26.3 Å². The third kappa shape index (κ3) is 4.29. The highest BCUT2D eigenvalue weighted by molar-refractivity contribution is 6.29. The van der Waals surface area contributed by atoms with Crippen LogP contribution < -0.4 is 5.32 Å². The zero-order chi connectivity index (χ0) is 13.1. The number of rotatable bonds is 1. The minimum absolute atomic E-state index is 0.0919. The number of anilines is 1. The molecule has 0 saturated carbocycles. The lowest BCUT2D eigenvalue weighted by molar-refractivity contribution is 0.0635. The number of halogens is 1. The van der Waals surface area contributed by atoms with Crippen LogP contribution in [0.4, 0.5) is 10.6 Å². The molecule has 0 aliphatic carbocycles. The number of nitrogens with one attached hydrogen (secondary N) is 1. The molecule has 17 heavy (non-hydrogen) atoms. The van der Waals surface area contributed by atoms with Gasteiger partial charge in [0.05, 0.1) is 5.56 Å². The second-order valence-electron chi connectivity index (χ2n) is 4.27. The van der Waals surface area contributed by atoms with Crippen LogP contribution >= 0.6 is 11.6 Å². The number of hydrogen-bond donors (Lipinski definition) is 1. The number of pyridine rings is 1. The number of ether oxygens (including phenoxy) is 1. The van der Waals surface area contributed by atoms with Gasteiger partial charge in [-0.05, 0) is 32.9 Å². The summed E-state index contributed by atoms with van der Waals surface area (Å²) < 4.78 is 5.04. The molecule has 0 aliphatic heterocycles. The van der Waals surface area contributed by atoms with E-state index in [-0.39, 0.29) is 16.5 Å². The van der Waals surface area contributed by atoms with Crippen LogP contribution in [0, 0.1) is 11.3 Å². The Morgan fingerprint density at radius 3 is 2.71 bits per heavy atom. The molecule has 0 aliphatic rings. The lowest BCUT2D eigenvalue weighted by atomic mass is 10.2. The number of nitriles is 1. The average Bonchev–Trinajstić information content (AvgIpc) is 2.14. The average molecular weight is 254 g/mol. The van der Waals surface area contributed by atoms with Crippen LogP contribution in [0.3, 0.4) is 0 Å². The molecule has 5 nitrogen and oxygen atoms in total. The Hall–Kier alpha value is -1.80. The number of amides is 1. The van der Waals surface area contributed by atoms with Crippen molar-refractivity contribution in [3.05, 3.63) is 22.8 Å². The van der Waals surface area contributed by atoms with Gasteiger partial charge in [-0.25, -0.2) is 9.78 Å². The first-order chi connectivity index (χ1) is 7.81. The fraction of sp³-hybridized carbons (Fsp3) is 0.364. The summed E-state index contributed by atoms with van der Waals surface area (Å²) in [4.78, 5) is 15.3. The first-order valence-electron chi connectivity index (χ1n) is 4.88. The van der Waals surface area contributed by atoms with Crippen LogP contribution in [0.5, 0.6) is 0 Å². The Kier molecular flexibility index (Phi) is 3.92. The van der Waals surface area contributed by atoms with Crippen LogP contribution in [0.25, 0.3) is 0 Å². The van der Waals surface area contributed by atoms with Gasteiger partial charge in [0, 0.05) is 0 Å². The second kappa shape index (κ2) is 5.02. The SMILES string of the molecule is CC(C)(C)OC(=O)Nc1nc(Cl)ccc1C#N. The Labute approximate surface area is 104 Å². The third-order valence-electron chi connectivity index (χ3n) is 1.60. The number of hydrogen-bond acceptors (Lipinski definition) is 4. The second-order valence-corrected chi connectivity index (χ2v) is 4.66. The van der Waals surface area contributed by atoms with Gasteiger partial charge in [0.1, 0.15) is 16.8 Å². The van der Waals surface area contributed by atoms with Gasteiger partial charge in [-0.1, -0.05) is 11.6 Å². The molecule has 0 unspecified atom stereocenters. The largest absolute Gasteiger partial charge is 0.444 e. The van der Waals surface area contributed by atoms with Gasteiger partial charge in [-0.3, -0.25) is 5.32 Å². The highest BCUT2D eigenvalue weighted by atomic mass is 35.5.